The van der Waals surface area contributed by atoms with Gasteiger partial charge in [-0.05, 0) is 25.8 Å². The van der Waals surface area contributed by atoms with E-state index in [9.17, 15) is 4.79 Å². The number of ketones is 1. The van der Waals surface area contributed by atoms with Gasteiger partial charge in [-0.2, -0.15) is 0 Å². The van der Waals surface area contributed by atoms with Gasteiger partial charge in [-0.3, -0.25) is 4.79 Å². The zero-order chi connectivity index (χ0) is 9.10. The van der Waals surface area contributed by atoms with Crippen LogP contribution in [0, 0.1) is 5.92 Å². The molecule has 0 amide bonds. The Hall–Kier alpha value is -0.370. The van der Waals surface area contributed by atoms with Gasteiger partial charge >= 0.3 is 0 Å². The van der Waals surface area contributed by atoms with Crippen LogP contribution >= 0.6 is 0 Å². The number of hydrogen-bond donors (Lipinski definition) is 1. The second-order valence-corrected chi connectivity index (χ2v) is 4.39. The maximum absolute atomic E-state index is 11.5. The number of Topliss-reactive ketones (excluding diaryl/α,β-unsaturated/α-hetero) is 1. The van der Waals surface area contributed by atoms with E-state index < -0.39 is 0 Å². The fourth-order valence-electron chi connectivity index (χ4n) is 2.20. The third-order valence-electron chi connectivity index (χ3n) is 3.21. The van der Waals surface area contributed by atoms with Crippen molar-refractivity contribution in [3.63, 3.8) is 0 Å². The van der Waals surface area contributed by atoms with E-state index in [4.69, 9.17) is 0 Å². The van der Waals surface area contributed by atoms with Crippen LogP contribution in [-0.2, 0) is 4.79 Å². The fourth-order valence-corrected chi connectivity index (χ4v) is 2.20. The van der Waals surface area contributed by atoms with Crippen molar-refractivity contribution in [1.29, 1.82) is 0 Å². The Labute approximate surface area is 80.1 Å². The van der Waals surface area contributed by atoms with Crippen LogP contribution in [0.2, 0.25) is 0 Å². The van der Waals surface area contributed by atoms with Gasteiger partial charge in [0.05, 0.1) is 0 Å². The molecular formula is C11H19NO. The molecule has 2 unspecified atom stereocenters. The van der Waals surface area contributed by atoms with Crippen molar-refractivity contribution in [2.75, 3.05) is 6.54 Å². The molecule has 1 aliphatic carbocycles. The third kappa shape index (κ3) is 2.53. The normalized spacial score (nSPS) is 36.2. The molecule has 2 aliphatic rings. The van der Waals surface area contributed by atoms with Gasteiger partial charge in [0.25, 0.3) is 0 Å². The molecule has 1 heterocycles. The van der Waals surface area contributed by atoms with Gasteiger partial charge < -0.3 is 5.32 Å². The second kappa shape index (κ2) is 4.23. The number of fused-ring (bicyclic) bond motifs is 1. The Morgan fingerprint density at radius 2 is 1.85 bits per heavy atom. The van der Waals surface area contributed by atoms with Crippen molar-refractivity contribution in [1.82, 2.24) is 5.32 Å². The number of carbonyl (C=O) groups excluding carboxylic acids is 1. The summed E-state index contributed by atoms with van der Waals surface area (Å²) in [5.41, 5.74) is 0. The van der Waals surface area contributed by atoms with E-state index in [1.165, 1.54) is 25.7 Å². The minimum Gasteiger partial charge on any atom is -0.313 e. The molecule has 0 aromatic rings. The lowest BCUT2D eigenvalue weighted by molar-refractivity contribution is -0.120. The zero-order valence-corrected chi connectivity index (χ0v) is 8.22. The predicted molar refractivity (Wildman–Crippen MR) is 52.6 cm³/mol. The Bertz CT molecular complexity index is 191. The molecule has 1 N–H and O–H groups in total. The van der Waals surface area contributed by atoms with Crippen molar-refractivity contribution >= 4 is 5.78 Å². The summed E-state index contributed by atoms with van der Waals surface area (Å²) in [5.74, 6) is 0.900. The molecule has 0 bridgehead atoms. The van der Waals surface area contributed by atoms with E-state index in [0.29, 0.717) is 17.7 Å². The molecule has 13 heavy (non-hydrogen) atoms. The first kappa shape index (κ1) is 9.20. The maximum Gasteiger partial charge on any atom is 0.137 e. The summed E-state index contributed by atoms with van der Waals surface area (Å²) < 4.78 is 0. The molecule has 0 aromatic heterocycles. The van der Waals surface area contributed by atoms with E-state index in [0.717, 1.165) is 25.8 Å². The smallest absolute Gasteiger partial charge is 0.137 e. The molecule has 0 aromatic carbocycles. The topological polar surface area (TPSA) is 29.1 Å². The van der Waals surface area contributed by atoms with Crippen molar-refractivity contribution in [3.05, 3.63) is 0 Å². The minimum atomic E-state index is 0.387. The van der Waals surface area contributed by atoms with Crippen molar-refractivity contribution in [2.45, 2.75) is 51.0 Å². The first-order chi connectivity index (χ1) is 6.38. The highest BCUT2D eigenvalue weighted by Gasteiger charge is 2.41. The van der Waals surface area contributed by atoms with E-state index in [1.807, 2.05) is 0 Å². The second-order valence-electron chi connectivity index (χ2n) is 4.39. The molecule has 0 radical (unpaired) electrons. The standard InChI is InChI=1S/C11H19NO/c13-11-6-4-2-1-3-5-7-12-10-8-9(10)11/h9-10,12H,1-8H2. The Morgan fingerprint density at radius 3 is 2.77 bits per heavy atom. The largest absolute Gasteiger partial charge is 0.313 e. The summed E-state index contributed by atoms with van der Waals surface area (Å²) in [5, 5.41) is 3.46. The van der Waals surface area contributed by atoms with E-state index in [-0.39, 0.29) is 0 Å². The monoisotopic (exact) mass is 181 g/mol. The first-order valence-corrected chi connectivity index (χ1v) is 5.64. The average Bonchev–Trinajstić information content (AvgIpc) is 2.87. The van der Waals surface area contributed by atoms with Gasteiger partial charge in [-0.25, -0.2) is 0 Å². The molecule has 2 atom stereocenters. The summed E-state index contributed by atoms with van der Waals surface area (Å²) in [6.45, 7) is 1.12. The highest BCUT2D eigenvalue weighted by atomic mass is 16.1. The molecular weight excluding hydrogens is 162 g/mol. The van der Waals surface area contributed by atoms with Gasteiger partial charge in [-0.15, -0.1) is 0 Å². The van der Waals surface area contributed by atoms with Crippen LogP contribution in [0.3, 0.4) is 0 Å². The van der Waals surface area contributed by atoms with Gasteiger partial charge in [0.15, 0.2) is 0 Å². The molecule has 2 fully saturated rings. The van der Waals surface area contributed by atoms with Crippen LogP contribution in [-0.4, -0.2) is 18.4 Å². The van der Waals surface area contributed by atoms with E-state index in [1.54, 1.807) is 0 Å². The van der Waals surface area contributed by atoms with Gasteiger partial charge in [0.1, 0.15) is 5.78 Å². The molecule has 1 saturated carbocycles. The molecule has 2 nitrogen and oxygen atoms in total. The minimum absolute atomic E-state index is 0.387. The lowest BCUT2D eigenvalue weighted by atomic mass is 10.1. The zero-order valence-electron chi connectivity index (χ0n) is 8.22. The quantitative estimate of drug-likeness (QED) is 0.618. The van der Waals surface area contributed by atoms with E-state index >= 15 is 0 Å². The molecule has 1 saturated heterocycles. The molecule has 1 aliphatic heterocycles. The molecule has 2 heteroatoms. The van der Waals surface area contributed by atoms with Crippen LogP contribution in [0.4, 0.5) is 0 Å². The lowest BCUT2D eigenvalue weighted by Gasteiger charge is -2.01. The molecule has 74 valence electrons. The Kier molecular flexibility index (Phi) is 2.99. The van der Waals surface area contributed by atoms with Crippen molar-refractivity contribution in [3.8, 4) is 0 Å². The highest BCUT2D eigenvalue weighted by molar-refractivity contribution is 5.84. The van der Waals surface area contributed by atoms with Crippen LogP contribution in [0.5, 0.6) is 0 Å². The molecule has 2 rings (SSSR count). The summed E-state index contributed by atoms with van der Waals surface area (Å²) >= 11 is 0. The van der Waals surface area contributed by atoms with Crippen LogP contribution in [0.25, 0.3) is 0 Å². The summed E-state index contributed by atoms with van der Waals surface area (Å²) in [7, 11) is 0. The summed E-state index contributed by atoms with van der Waals surface area (Å²) in [6.07, 6.45) is 8.26. The van der Waals surface area contributed by atoms with Crippen molar-refractivity contribution in [2.24, 2.45) is 5.92 Å². The number of nitrogens with one attached hydrogen (secondary N) is 1. The SMILES string of the molecule is O=C1CCCCCCCNC2CC12. The lowest BCUT2D eigenvalue weighted by Crippen LogP contribution is -2.21. The number of hydrogen-bond acceptors (Lipinski definition) is 2. The average molecular weight is 181 g/mol. The summed E-state index contributed by atoms with van der Waals surface area (Å²) in [6, 6.07) is 0.547. The highest BCUT2D eigenvalue weighted by Crippen LogP contribution is 2.33. The van der Waals surface area contributed by atoms with Gasteiger partial charge in [0, 0.05) is 18.4 Å². The Balaban J connectivity index is 1.81. The predicted octanol–water partition coefficient (Wildman–Crippen LogP) is 1.89. The Morgan fingerprint density at radius 1 is 1.08 bits per heavy atom. The van der Waals surface area contributed by atoms with Gasteiger partial charge in [0.2, 0.25) is 0 Å². The fraction of sp³-hybridized carbons (Fsp3) is 0.909. The van der Waals surface area contributed by atoms with E-state index in [2.05, 4.69) is 5.32 Å². The summed E-state index contributed by atoms with van der Waals surface area (Å²) in [4.78, 5) is 11.5. The number of carbonyl (C=O) groups is 1. The van der Waals surface area contributed by atoms with Gasteiger partial charge in [-0.1, -0.05) is 19.3 Å². The van der Waals surface area contributed by atoms with Crippen LogP contribution in [0.15, 0.2) is 0 Å². The molecule has 0 spiro atoms. The van der Waals surface area contributed by atoms with Crippen LogP contribution in [0.1, 0.15) is 44.9 Å². The number of rotatable bonds is 0. The van der Waals surface area contributed by atoms with Crippen molar-refractivity contribution < 1.29 is 4.79 Å². The first-order valence-electron chi connectivity index (χ1n) is 5.64. The third-order valence-corrected chi connectivity index (χ3v) is 3.21. The maximum atomic E-state index is 11.5. The van der Waals surface area contributed by atoms with Crippen LogP contribution < -0.4 is 5.32 Å².